The van der Waals surface area contributed by atoms with Crippen LogP contribution in [0.5, 0.6) is 0 Å². The minimum absolute atomic E-state index is 0.360. The van der Waals surface area contributed by atoms with E-state index >= 15 is 0 Å². The average Bonchev–Trinajstić information content (AvgIpc) is 3.29. The highest BCUT2D eigenvalue weighted by Gasteiger charge is 2.19. The minimum atomic E-state index is -0.531. The number of nitrogens with zero attached hydrogens (tertiary/aromatic N) is 1. The largest absolute Gasteiger partial charge is 0.443 e. The van der Waals surface area contributed by atoms with Gasteiger partial charge in [0.25, 0.3) is 0 Å². The number of hydrogen-bond donors (Lipinski definition) is 1. The van der Waals surface area contributed by atoms with Gasteiger partial charge in [0.05, 0.1) is 5.52 Å². The lowest BCUT2D eigenvalue weighted by Gasteiger charge is -2.19. The van der Waals surface area contributed by atoms with Crippen molar-refractivity contribution in [2.75, 3.05) is 13.1 Å². The lowest BCUT2D eigenvalue weighted by molar-refractivity contribution is 0.0544. The molecule has 0 atom stereocenters. The van der Waals surface area contributed by atoms with Gasteiger partial charge in [-0.2, -0.15) is 0 Å². The van der Waals surface area contributed by atoms with E-state index in [4.69, 9.17) is 4.74 Å². The summed E-state index contributed by atoms with van der Waals surface area (Å²) in [5.41, 5.74) is 4.09. The Hall–Kier alpha value is -3.63. The van der Waals surface area contributed by atoms with Crippen LogP contribution in [0.2, 0.25) is 0 Å². The van der Waals surface area contributed by atoms with Gasteiger partial charge in [0.1, 0.15) is 5.60 Å². The van der Waals surface area contributed by atoms with E-state index in [0.717, 1.165) is 36.0 Å². The van der Waals surface area contributed by atoms with Crippen LogP contribution in [-0.4, -0.2) is 29.4 Å². The van der Waals surface area contributed by atoms with Crippen LogP contribution in [0.4, 0.5) is 4.79 Å². The lowest BCUT2D eigenvalue weighted by Crippen LogP contribution is -2.26. The van der Waals surface area contributed by atoms with E-state index < -0.39 is 5.60 Å². The Labute approximate surface area is 208 Å². The van der Waals surface area contributed by atoms with Crippen molar-refractivity contribution in [1.82, 2.24) is 9.88 Å². The number of rotatable bonds is 8. The van der Waals surface area contributed by atoms with Crippen molar-refractivity contribution in [2.45, 2.75) is 38.7 Å². The molecule has 0 fully saturated rings. The molecule has 0 amide bonds. The second kappa shape index (κ2) is 11.2. The van der Waals surface area contributed by atoms with Crippen molar-refractivity contribution in [3.63, 3.8) is 0 Å². The topological polar surface area (TPSA) is 43.3 Å². The maximum atomic E-state index is 12.6. The summed E-state index contributed by atoms with van der Waals surface area (Å²) in [6.07, 6.45) is 6.69. The molecule has 35 heavy (non-hydrogen) atoms. The van der Waals surface area contributed by atoms with Gasteiger partial charge in [-0.15, -0.1) is 0 Å². The van der Waals surface area contributed by atoms with Gasteiger partial charge in [-0.05, 0) is 62.6 Å². The number of carbonyl (C=O) groups excluding carboxylic acids is 1. The standard InChI is InChI=1S/C31H34N2O2/c1-31(2,3)35-30(34)33-23-20-28-26(16-10-18-29(28)33)17-11-21-32-22-19-27(24-12-6-4-7-13-24)25-14-8-5-9-15-25/h4-18,20,23,27,32H,19,21-22H2,1-3H3. The van der Waals surface area contributed by atoms with E-state index in [9.17, 15) is 4.79 Å². The van der Waals surface area contributed by atoms with Gasteiger partial charge in [0.15, 0.2) is 0 Å². The summed E-state index contributed by atoms with van der Waals surface area (Å²) in [6, 6.07) is 29.4. The number of hydrogen-bond acceptors (Lipinski definition) is 3. The molecule has 180 valence electrons. The predicted octanol–water partition coefficient (Wildman–Crippen LogP) is 7.25. The van der Waals surface area contributed by atoms with E-state index in [-0.39, 0.29) is 6.09 Å². The van der Waals surface area contributed by atoms with Crippen LogP contribution in [0.3, 0.4) is 0 Å². The van der Waals surface area contributed by atoms with Crippen LogP contribution in [0.1, 0.15) is 49.8 Å². The molecular weight excluding hydrogens is 432 g/mol. The fourth-order valence-corrected chi connectivity index (χ4v) is 4.32. The highest BCUT2D eigenvalue weighted by atomic mass is 16.6. The van der Waals surface area contributed by atoms with Gasteiger partial charge >= 0.3 is 6.09 Å². The second-order valence-corrected chi connectivity index (χ2v) is 9.72. The molecule has 0 aliphatic carbocycles. The Bertz CT molecular complexity index is 1230. The third-order valence-corrected chi connectivity index (χ3v) is 5.93. The zero-order chi connectivity index (χ0) is 24.7. The molecule has 0 bridgehead atoms. The quantitative estimate of drug-likeness (QED) is 0.278. The molecule has 1 aromatic heterocycles. The molecular formula is C31H34N2O2. The molecule has 1 N–H and O–H groups in total. The first kappa shape index (κ1) is 24.5. The summed E-state index contributed by atoms with van der Waals surface area (Å²) in [7, 11) is 0. The molecule has 0 aliphatic heterocycles. The minimum Gasteiger partial charge on any atom is -0.443 e. The van der Waals surface area contributed by atoms with Gasteiger partial charge in [-0.1, -0.05) is 84.9 Å². The lowest BCUT2D eigenvalue weighted by atomic mass is 9.88. The molecule has 0 spiro atoms. The summed E-state index contributed by atoms with van der Waals surface area (Å²) in [5, 5.41) is 4.59. The van der Waals surface area contributed by atoms with Crippen LogP contribution in [-0.2, 0) is 4.74 Å². The number of aromatic nitrogens is 1. The first-order valence-corrected chi connectivity index (χ1v) is 12.2. The van der Waals surface area contributed by atoms with Gasteiger partial charge in [0, 0.05) is 24.0 Å². The Morgan fingerprint density at radius 3 is 2.20 bits per heavy atom. The van der Waals surface area contributed by atoms with Crippen molar-refractivity contribution in [3.05, 3.63) is 114 Å². The number of carbonyl (C=O) groups is 1. The van der Waals surface area contributed by atoms with Gasteiger partial charge in [-0.3, -0.25) is 4.57 Å². The number of ether oxygens (including phenoxy) is 1. The molecule has 3 aromatic carbocycles. The van der Waals surface area contributed by atoms with E-state index in [2.05, 4.69) is 84.2 Å². The SMILES string of the molecule is CC(C)(C)OC(=O)n1ccc2c(C=CCNCCC(c3ccccc3)c3ccccc3)cccc21. The van der Waals surface area contributed by atoms with Crippen molar-refractivity contribution in [3.8, 4) is 0 Å². The number of benzene rings is 3. The fraction of sp³-hybridized carbons (Fsp3) is 0.258. The molecule has 4 aromatic rings. The molecule has 0 saturated heterocycles. The molecule has 0 unspecified atom stereocenters. The van der Waals surface area contributed by atoms with Gasteiger partial charge in [0.2, 0.25) is 0 Å². The van der Waals surface area contributed by atoms with Crippen LogP contribution in [0.25, 0.3) is 17.0 Å². The molecule has 0 saturated carbocycles. The summed E-state index contributed by atoms with van der Waals surface area (Å²) in [6.45, 7) is 7.32. The third-order valence-electron chi connectivity index (χ3n) is 5.93. The average molecular weight is 467 g/mol. The monoisotopic (exact) mass is 466 g/mol. The summed E-state index contributed by atoms with van der Waals surface area (Å²) in [4.78, 5) is 12.6. The van der Waals surface area contributed by atoms with Crippen LogP contribution < -0.4 is 5.32 Å². The van der Waals surface area contributed by atoms with E-state index in [1.165, 1.54) is 11.1 Å². The molecule has 0 aliphatic rings. The molecule has 4 rings (SSSR count). The Balaban J connectivity index is 1.37. The third kappa shape index (κ3) is 6.49. The molecule has 0 radical (unpaired) electrons. The summed E-state index contributed by atoms with van der Waals surface area (Å²) in [5.74, 6) is 0.371. The van der Waals surface area contributed by atoms with E-state index in [1.807, 2.05) is 39.0 Å². The molecule has 4 nitrogen and oxygen atoms in total. The zero-order valence-corrected chi connectivity index (χ0v) is 20.8. The first-order chi connectivity index (χ1) is 16.9. The Kier molecular flexibility index (Phi) is 7.84. The summed E-state index contributed by atoms with van der Waals surface area (Å²) >= 11 is 0. The van der Waals surface area contributed by atoms with Crippen molar-refractivity contribution >= 4 is 23.1 Å². The molecule has 4 heteroatoms. The van der Waals surface area contributed by atoms with E-state index in [1.54, 1.807) is 10.8 Å². The van der Waals surface area contributed by atoms with E-state index in [0.29, 0.717) is 5.92 Å². The predicted molar refractivity (Wildman–Crippen MR) is 145 cm³/mol. The first-order valence-electron chi connectivity index (χ1n) is 12.2. The van der Waals surface area contributed by atoms with Gasteiger partial charge < -0.3 is 10.1 Å². The normalized spacial score (nSPS) is 12.0. The highest BCUT2D eigenvalue weighted by molar-refractivity contribution is 5.94. The van der Waals surface area contributed by atoms with Crippen LogP contribution >= 0.6 is 0 Å². The summed E-state index contributed by atoms with van der Waals surface area (Å²) < 4.78 is 7.11. The van der Waals surface area contributed by atoms with Crippen molar-refractivity contribution in [2.24, 2.45) is 0 Å². The molecule has 1 heterocycles. The van der Waals surface area contributed by atoms with Crippen molar-refractivity contribution < 1.29 is 9.53 Å². The smallest absolute Gasteiger partial charge is 0.418 e. The highest BCUT2D eigenvalue weighted by Crippen LogP contribution is 2.27. The number of fused-ring (bicyclic) bond motifs is 1. The maximum Gasteiger partial charge on any atom is 0.418 e. The van der Waals surface area contributed by atoms with Crippen LogP contribution in [0, 0.1) is 0 Å². The Morgan fingerprint density at radius 1 is 0.914 bits per heavy atom. The van der Waals surface area contributed by atoms with Crippen LogP contribution in [0.15, 0.2) is 97.2 Å². The van der Waals surface area contributed by atoms with Gasteiger partial charge in [-0.25, -0.2) is 4.79 Å². The van der Waals surface area contributed by atoms with Crippen molar-refractivity contribution in [1.29, 1.82) is 0 Å². The fourth-order valence-electron chi connectivity index (χ4n) is 4.32. The second-order valence-electron chi connectivity index (χ2n) is 9.72. The number of nitrogens with one attached hydrogen (secondary N) is 1. The zero-order valence-electron chi connectivity index (χ0n) is 20.8. The maximum absolute atomic E-state index is 12.6. The Morgan fingerprint density at radius 2 is 1.57 bits per heavy atom.